The smallest absolute Gasteiger partial charge is 0.310 e. The molecule has 1 N–H and O–H groups in total. The molecule has 1 heterocycles. The lowest BCUT2D eigenvalue weighted by molar-refractivity contribution is -0.138. The zero-order valence-electron chi connectivity index (χ0n) is 8.70. The van der Waals surface area contributed by atoms with Gasteiger partial charge in [-0.1, -0.05) is 0 Å². The summed E-state index contributed by atoms with van der Waals surface area (Å²) < 4.78 is 23.9. The van der Waals surface area contributed by atoms with E-state index in [1.54, 1.807) is 0 Å². The van der Waals surface area contributed by atoms with Crippen LogP contribution in [0.4, 0.5) is 4.39 Å². The van der Waals surface area contributed by atoms with Crippen LogP contribution in [0.2, 0.25) is 0 Å². The summed E-state index contributed by atoms with van der Waals surface area (Å²) in [6, 6.07) is 2.68. The van der Waals surface area contributed by atoms with Gasteiger partial charge in [0.1, 0.15) is 13.2 Å². The first-order valence-electron chi connectivity index (χ1n) is 4.91. The highest BCUT2D eigenvalue weighted by molar-refractivity contribution is 5.76. The van der Waals surface area contributed by atoms with Crippen molar-refractivity contribution < 1.29 is 23.8 Å². The zero-order chi connectivity index (χ0) is 11.7. The Morgan fingerprint density at radius 1 is 1.44 bits per heavy atom. The Morgan fingerprint density at radius 2 is 2.12 bits per heavy atom. The molecule has 0 amide bonds. The minimum atomic E-state index is -1.00. The summed E-state index contributed by atoms with van der Waals surface area (Å²) >= 11 is 0. The normalized spacial score (nSPS) is 15.6. The molecule has 1 aliphatic rings. The fourth-order valence-corrected chi connectivity index (χ4v) is 1.52. The summed E-state index contributed by atoms with van der Waals surface area (Å²) in [6.45, 7) is 2.14. The molecule has 1 atom stereocenters. The first-order chi connectivity index (χ1) is 7.59. The molecule has 0 aliphatic carbocycles. The summed E-state index contributed by atoms with van der Waals surface area (Å²) in [6.07, 6.45) is 0. The standard InChI is InChI=1S/C11H11FO4/c1-6(11(13)14)7-4-8(12)10-9(5-7)15-2-3-16-10/h4-6H,2-3H2,1H3,(H,13,14). The van der Waals surface area contributed by atoms with Crippen LogP contribution in [0.25, 0.3) is 0 Å². The molecule has 2 rings (SSSR count). The van der Waals surface area contributed by atoms with Gasteiger partial charge >= 0.3 is 5.97 Å². The van der Waals surface area contributed by atoms with E-state index in [0.717, 1.165) is 0 Å². The third kappa shape index (κ3) is 1.80. The molecular formula is C11H11FO4. The third-order valence-corrected chi connectivity index (χ3v) is 2.49. The molecule has 0 saturated heterocycles. The van der Waals surface area contributed by atoms with Gasteiger partial charge in [0, 0.05) is 0 Å². The van der Waals surface area contributed by atoms with Crippen LogP contribution in [-0.4, -0.2) is 24.3 Å². The van der Waals surface area contributed by atoms with E-state index in [-0.39, 0.29) is 11.5 Å². The summed E-state index contributed by atoms with van der Waals surface area (Å²) in [5.74, 6) is -2.02. The van der Waals surface area contributed by atoms with Crippen molar-refractivity contribution in [3.8, 4) is 11.5 Å². The number of carbonyl (C=O) groups is 1. The third-order valence-electron chi connectivity index (χ3n) is 2.49. The molecule has 86 valence electrons. The maximum atomic E-state index is 13.6. The number of hydrogen-bond donors (Lipinski definition) is 1. The predicted octanol–water partition coefficient (Wildman–Crippen LogP) is 1.78. The maximum Gasteiger partial charge on any atom is 0.310 e. The average Bonchev–Trinajstić information content (AvgIpc) is 2.28. The fourth-order valence-electron chi connectivity index (χ4n) is 1.52. The highest BCUT2D eigenvalue weighted by Gasteiger charge is 2.22. The van der Waals surface area contributed by atoms with Crippen LogP contribution in [0.5, 0.6) is 11.5 Å². The van der Waals surface area contributed by atoms with E-state index >= 15 is 0 Å². The van der Waals surface area contributed by atoms with Gasteiger partial charge in [-0.3, -0.25) is 4.79 Å². The quantitative estimate of drug-likeness (QED) is 0.835. The van der Waals surface area contributed by atoms with E-state index in [1.807, 2.05) is 0 Å². The average molecular weight is 226 g/mol. The second kappa shape index (κ2) is 4.00. The molecule has 1 unspecified atom stereocenters. The Bertz CT molecular complexity index is 430. The molecule has 0 radical (unpaired) electrons. The molecule has 1 aliphatic heterocycles. The van der Waals surface area contributed by atoms with Crippen molar-refractivity contribution in [1.82, 2.24) is 0 Å². The number of carboxylic acid groups (broad SMARTS) is 1. The Hall–Kier alpha value is -1.78. The lowest BCUT2D eigenvalue weighted by atomic mass is 10.0. The topological polar surface area (TPSA) is 55.8 Å². The molecule has 4 nitrogen and oxygen atoms in total. The number of benzene rings is 1. The van der Waals surface area contributed by atoms with Gasteiger partial charge in [0.05, 0.1) is 5.92 Å². The summed E-state index contributed by atoms with van der Waals surface area (Å²) in [5, 5.41) is 8.84. The molecule has 16 heavy (non-hydrogen) atoms. The first kappa shape index (κ1) is 10.7. The van der Waals surface area contributed by atoms with Crippen molar-refractivity contribution in [3.05, 3.63) is 23.5 Å². The molecule has 0 spiro atoms. The van der Waals surface area contributed by atoms with Gasteiger partial charge in [-0.15, -0.1) is 0 Å². The van der Waals surface area contributed by atoms with Crippen molar-refractivity contribution in [3.63, 3.8) is 0 Å². The van der Waals surface area contributed by atoms with E-state index in [2.05, 4.69) is 0 Å². The molecule has 0 fully saturated rings. The van der Waals surface area contributed by atoms with Gasteiger partial charge < -0.3 is 14.6 Å². The van der Waals surface area contributed by atoms with Crippen LogP contribution < -0.4 is 9.47 Å². The first-order valence-corrected chi connectivity index (χ1v) is 4.91. The molecule has 0 bridgehead atoms. The van der Waals surface area contributed by atoms with Crippen molar-refractivity contribution >= 4 is 5.97 Å². The van der Waals surface area contributed by atoms with E-state index in [9.17, 15) is 9.18 Å². The SMILES string of the molecule is CC(C(=O)O)c1cc(F)c2c(c1)OCCO2. The van der Waals surface area contributed by atoms with E-state index in [0.29, 0.717) is 18.8 Å². The van der Waals surface area contributed by atoms with Crippen LogP contribution in [0.3, 0.4) is 0 Å². The monoisotopic (exact) mass is 226 g/mol. The van der Waals surface area contributed by atoms with Crippen LogP contribution in [0.1, 0.15) is 18.4 Å². The minimum absolute atomic E-state index is 0.0626. The molecule has 0 saturated carbocycles. The molecule has 5 heteroatoms. The summed E-state index contributed by atoms with van der Waals surface area (Å²) in [4.78, 5) is 10.8. The molecule has 0 aromatic heterocycles. The van der Waals surface area contributed by atoms with E-state index in [1.165, 1.54) is 19.1 Å². The lowest BCUT2D eigenvalue weighted by Crippen LogP contribution is -2.17. The highest BCUT2D eigenvalue weighted by atomic mass is 19.1. The zero-order valence-corrected chi connectivity index (χ0v) is 8.70. The second-order valence-corrected chi connectivity index (χ2v) is 3.59. The van der Waals surface area contributed by atoms with E-state index in [4.69, 9.17) is 14.6 Å². The predicted molar refractivity (Wildman–Crippen MR) is 53.4 cm³/mol. The van der Waals surface area contributed by atoms with Crippen molar-refractivity contribution in [2.75, 3.05) is 13.2 Å². The Kier molecular flexibility index (Phi) is 2.68. The molecule has 1 aromatic carbocycles. The van der Waals surface area contributed by atoms with Gasteiger partial charge in [0.25, 0.3) is 0 Å². The van der Waals surface area contributed by atoms with Gasteiger partial charge in [0.15, 0.2) is 17.3 Å². The van der Waals surface area contributed by atoms with E-state index < -0.39 is 17.7 Å². The number of rotatable bonds is 2. The maximum absolute atomic E-state index is 13.6. The number of fused-ring (bicyclic) bond motifs is 1. The van der Waals surface area contributed by atoms with Gasteiger partial charge in [-0.2, -0.15) is 0 Å². The van der Waals surface area contributed by atoms with Crippen LogP contribution in [-0.2, 0) is 4.79 Å². The summed E-state index contributed by atoms with van der Waals surface area (Å²) in [7, 11) is 0. The Morgan fingerprint density at radius 3 is 2.81 bits per heavy atom. The number of aliphatic carboxylic acids is 1. The van der Waals surface area contributed by atoms with Gasteiger partial charge in [-0.05, 0) is 24.6 Å². The van der Waals surface area contributed by atoms with Crippen molar-refractivity contribution in [2.45, 2.75) is 12.8 Å². The van der Waals surface area contributed by atoms with Gasteiger partial charge in [-0.25, -0.2) is 4.39 Å². The molecule has 1 aromatic rings. The number of hydrogen-bond acceptors (Lipinski definition) is 3. The highest BCUT2D eigenvalue weighted by Crippen LogP contribution is 2.36. The van der Waals surface area contributed by atoms with Gasteiger partial charge in [0.2, 0.25) is 0 Å². The minimum Gasteiger partial charge on any atom is -0.486 e. The van der Waals surface area contributed by atoms with Crippen molar-refractivity contribution in [2.24, 2.45) is 0 Å². The second-order valence-electron chi connectivity index (χ2n) is 3.59. The lowest BCUT2D eigenvalue weighted by Gasteiger charge is -2.20. The summed E-state index contributed by atoms with van der Waals surface area (Å²) in [5.41, 5.74) is 0.370. The Balaban J connectivity index is 2.42. The largest absolute Gasteiger partial charge is 0.486 e. The fraction of sp³-hybridized carbons (Fsp3) is 0.364. The number of ether oxygens (including phenoxy) is 2. The van der Waals surface area contributed by atoms with Crippen LogP contribution in [0, 0.1) is 5.82 Å². The Labute approximate surface area is 91.6 Å². The molecular weight excluding hydrogens is 215 g/mol. The number of carboxylic acids is 1. The van der Waals surface area contributed by atoms with Crippen LogP contribution >= 0.6 is 0 Å². The number of halogens is 1. The van der Waals surface area contributed by atoms with Crippen LogP contribution in [0.15, 0.2) is 12.1 Å². The van der Waals surface area contributed by atoms with Crippen molar-refractivity contribution in [1.29, 1.82) is 0 Å².